The third-order valence-electron chi connectivity index (χ3n) is 4.72. The van der Waals surface area contributed by atoms with Crippen LogP contribution in [0, 0.1) is 5.92 Å². The molecule has 1 saturated carbocycles. The summed E-state index contributed by atoms with van der Waals surface area (Å²) < 4.78 is 0. The first-order valence-corrected chi connectivity index (χ1v) is 7.88. The minimum atomic E-state index is 0.866. The lowest BCUT2D eigenvalue weighted by Crippen LogP contribution is -2.05. The molecule has 1 fully saturated rings. The van der Waals surface area contributed by atoms with Crippen LogP contribution in [0.25, 0.3) is 5.57 Å². The molecule has 1 atom stereocenters. The van der Waals surface area contributed by atoms with Gasteiger partial charge in [-0.25, -0.2) is 0 Å². The van der Waals surface area contributed by atoms with E-state index in [-0.39, 0.29) is 0 Å². The van der Waals surface area contributed by atoms with Gasteiger partial charge in [0.15, 0.2) is 0 Å². The molecule has 0 saturated heterocycles. The fourth-order valence-corrected chi connectivity index (χ4v) is 3.81. The number of rotatable bonds is 2. The SMILES string of the molecule is CCC1=C/CCCC2CCC\C2=C\1c1ccccc1. The summed E-state index contributed by atoms with van der Waals surface area (Å²) in [6.45, 7) is 2.31. The van der Waals surface area contributed by atoms with Gasteiger partial charge in [0.2, 0.25) is 0 Å². The molecule has 1 unspecified atom stereocenters. The number of benzene rings is 1. The summed E-state index contributed by atoms with van der Waals surface area (Å²) in [5, 5.41) is 0. The second kappa shape index (κ2) is 5.77. The van der Waals surface area contributed by atoms with E-state index in [9.17, 15) is 0 Å². The Labute approximate surface area is 117 Å². The average molecular weight is 252 g/mol. The molecule has 0 bridgehead atoms. The van der Waals surface area contributed by atoms with Gasteiger partial charge in [-0.15, -0.1) is 0 Å². The summed E-state index contributed by atoms with van der Waals surface area (Å²) in [6.07, 6.45) is 11.9. The van der Waals surface area contributed by atoms with Crippen molar-refractivity contribution < 1.29 is 0 Å². The fourth-order valence-electron chi connectivity index (χ4n) is 3.81. The van der Waals surface area contributed by atoms with Gasteiger partial charge in [0, 0.05) is 0 Å². The zero-order valence-electron chi connectivity index (χ0n) is 12.0. The molecule has 0 aliphatic heterocycles. The highest BCUT2D eigenvalue weighted by atomic mass is 14.3. The van der Waals surface area contributed by atoms with Crippen molar-refractivity contribution in [2.75, 3.05) is 0 Å². The molecule has 2 aliphatic rings. The van der Waals surface area contributed by atoms with Gasteiger partial charge in [-0.1, -0.05) is 48.9 Å². The molecule has 0 nitrogen and oxygen atoms in total. The monoisotopic (exact) mass is 252 g/mol. The molecular weight excluding hydrogens is 228 g/mol. The maximum Gasteiger partial charge on any atom is -0.0160 e. The van der Waals surface area contributed by atoms with Crippen molar-refractivity contribution >= 4 is 5.57 Å². The van der Waals surface area contributed by atoms with E-state index in [0.717, 1.165) is 5.92 Å². The molecule has 100 valence electrons. The number of allylic oxidation sites excluding steroid dienone is 4. The minimum Gasteiger partial charge on any atom is -0.0807 e. The highest BCUT2D eigenvalue weighted by molar-refractivity contribution is 5.82. The van der Waals surface area contributed by atoms with Crippen molar-refractivity contribution in [1.82, 2.24) is 0 Å². The Balaban J connectivity index is 2.13. The number of hydrogen-bond donors (Lipinski definition) is 0. The van der Waals surface area contributed by atoms with E-state index in [1.807, 2.05) is 0 Å². The maximum atomic E-state index is 2.50. The molecule has 0 amide bonds. The maximum absolute atomic E-state index is 2.50. The number of fused-ring (bicyclic) bond motifs is 1. The van der Waals surface area contributed by atoms with Gasteiger partial charge in [-0.05, 0) is 67.6 Å². The summed E-state index contributed by atoms with van der Waals surface area (Å²) in [4.78, 5) is 0. The van der Waals surface area contributed by atoms with E-state index in [0.29, 0.717) is 0 Å². The van der Waals surface area contributed by atoms with Crippen LogP contribution in [0.2, 0.25) is 0 Å². The van der Waals surface area contributed by atoms with E-state index >= 15 is 0 Å². The van der Waals surface area contributed by atoms with Gasteiger partial charge in [0.05, 0.1) is 0 Å². The largest absolute Gasteiger partial charge is 0.0807 e. The third-order valence-corrected chi connectivity index (χ3v) is 4.72. The van der Waals surface area contributed by atoms with Crippen molar-refractivity contribution in [3.05, 3.63) is 53.1 Å². The van der Waals surface area contributed by atoms with Crippen LogP contribution in [0.3, 0.4) is 0 Å². The van der Waals surface area contributed by atoms with Crippen LogP contribution in [0.1, 0.15) is 57.4 Å². The van der Waals surface area contributed by atoms with Crippen LogP contribution in [0.15, 0.2) is 47.6 Å². The second-order valence-corrected chi connectivity index (χ2v) is 5.87. The Bertz CT molecular complexity index is 490. The molecule has 0 spiro atoms. The smallest absolute Gasteiger partial charge is 0.0160 e. The van der Waals surface area contributed by atoms with Crippen LogP contribution in [-0.4, -0.2) is 0 Å². The summed E-state index contributed by atoms with van der Waals surface area (Å²) in [6, 6.07) is 11.1. The highest BCUT2D eigenvalue weighted by Gasteiger charge is 2.26. The van der Waals surface area contributed by atoms with Gasteiger partial charge < -0.3 is 0 Å². The molecule has 19 heavy (non-hydrogen) atoms. The van der Waals surface area contributed by atoms with Crippen molar-refractivity contribution in [3.8, 4) is 0 Å². The lowest BCUT2D eigenvalue weighted by molar-refractivity contribution is 0.547. The molecule has 1 aromatic rings. The van der Waals surface area contributed by atoms with Gasteiger partial charge >= 0.3 is 0 Å². The van der Waals surface area contributed by atoms with Crippen LogP contribution in [-0.2, 0) is 0 Å². The highest BCUT2D eigenvalue weighted by Crippen LogP contribution is 2.44. The van der Waals surface area contributed by atoms with Gasteiger partial charge in [0.25, 0.3) is 0 Å². The van der Waals surface area contributed by atoms with Crippen molar-refractivity contribution in [2.45, 2.75) is 51.9 Å². The normalized spacial score (nSPS) is 30.2. The Morgan fingerprint density at radius 3 is 2.63 bits per heavy atom. The van der Waals surface area contributed by atoms with Crippen LogP contribution >= 0.6 is 0 Å². The Hall–Kier alpha value is -1.30. The van der Waals surface area contributed by atoms with Gasteiger partial charge in [-0.3, -0.25) is 0 Å². The van der Waals surface area contributed by atoms with E-state index in [2.05, 4.69) is 43.3 Å². The molecule has 1 aromatic carbocycles. The quantitative estimate of drug-likeness (QED) is 0.627. The van der Waals surface area contributed by atoms with Gasteiger partial charge in [-0.2, -0.15) is 0 Å². The predicted molar refractivity (Wildman–Crippen MR) is 82.9 cm³/mol. The number of hydrogen-bond acceptors (Lipinski definition) is 0. The summed E-state index contributed by atoms with van der Waals surface area (Å²) in [5.41, 5.74) is 6.40. The van der Waals surface area contributed by atoms with Gasteiger partial charge in [0.1, 0.15) is 0 Å². The lowest BCUT2D eigenvalue weighted by atomic mass is 9.82. The van der Waals surface area contributed by atoms with E-state index in [1.54, 1.807) is 16.7 Å². The van der Waals surface area contributed by atoms with Crippen LogP contribution < -0.4 is 0 Å². The topological polar surface area (TPSA) is 0 Å². The molecule has 0 aromatic heterocycles. The van der Waals surface area contributed by atoms with E-state index < -0.39 is 0 Å². The van der Waals surface area contributed by atoms with Crippen molar-refractivity contribution in [3.63, 3.8) is 0 Å². The molecule has 2 aliphatic carbocycles. The van der Waals surface area contributed by atoms with Crippen molar-refractivity contribution in [1.29, 1.82) is 0 Å². The first kappa shape index (κ1) is 12.7. The zero-order chi connectivity index (χ0) is 13.1. The molecule has 0 radical (unpaired) electrons. The lowest BCUT2D eigenvalue weighted by Gasteiger charge is -2.22. The summed E-state index contributed by atoms with van der Waals surface area (Å²) >= 11 is 0. The standard InChI is InChI=1S/C19H24/c1-2-15-9-6-7-10-16-13-8-14-18(16)19(15)17-11-4-3-5-12-17/h3-5,9,11-12,16H,2,6-8,10,13-14H2,1H3/b15-9-,19-18+. The molecule has 0 N–H and O–H groups in total. The summed E-state index contributed by atoms with van der Waals surface area (Å²) in [5.74, 6) is 0.866. The Kier molecular flexibility index (Phi) is 3.87. The zero-order valence-corrected chi connectivity index (χ0v) is 12.0. The average Bonchev–Trinajstić information content (AvgIpc) is 2.87. The fraction of sp³-hybridized carbons (Fsp3) is 0.474. The summed E-state index contributed by atoms with van der Waals surface area (Å²) in [7, 11) is 0. The molecule has 3 rings (SSSR count). The molecular formula is C19H24. The van der Waals surface area contributed by atoms with Crippen molar-refractivity contribution in [2.24, 2.45) is 5.92 Å². The van der Waals surface area contributed by atoms with Crippen LogP contribution in [0.5, 0.6) is 0 Å². The van der Waals surface area contributed by atoms with E-state index in [4.69, 9.17) is 0 Å². The minimum absolute atomic E-state index is 0.866. The molecule has 0 heteroatoms. The molecule has 0 heterocycles. The third kappa shape index (κ3) is 2.54. The van der Waals surface area contributed by atoms with E-state index in [1.165, 1.54) is 50.5 Å². The Morgan fingerprint density at radius 2 is 1.84 bits per heavy atom. The Morgan fingerprint density at radius 1 is 1.05 bits per heavy atom. The first-order chi connectivity index (χ1) is 9.40. The second-order valence-electron chi connectivity index (χ2n) is 5.87. The van der Waals surface area contributed by atoms with Crippen LogP contribution in [0.4, 0.5) is 0 Å². The first-order valence-electron chi connectivity index (χ1n) is 7.88. The predicted octanol–water partition coefficient (Wildman–Crippen LogP) is 5.76.